The first-order valence-electron chi connectivity index (χ1n) is 5.59. The SMILES string of the molecule is CNc1ccccc1S(=O)(=O)Nc1ccccc1Br. The number of benzene rings is 2. The second-order valence-electron chi connectivity index (χ2n) is 3.83. The molecule has 0 amide bonds. The smallest absolute Gasteiger partial charge is 0.263 e. The standard InChI is InChI=1S/C13H13BrN2O2S/c1-15-12-8-4-5-9-13(12)19(17,18)16-11-7-3-2-6-10(11)14/h2-9,15-16H,1H3. The van der Waals surface area contributed by atoms with Crippen molar-refractivity contribution in [2.45, 2.75) is 4.90 Å². The molecule has 6 heteroatoms. The van der Waals surface area contributed by atoms with Crippen molar-refractivity contribution in [3.8, 4) is 0 Å². The summed E-state index contributed by atoms with van der Waals surface area (Å²) in [5, 5.41) is 2.87. The number of nitrogens with one attached hydrogen (secondary N) is 2. The number of hydrogen-bond acceptors (Lipinski definition) is 3. The lowest BCUT2D eigenvalue weighted by atomic mass is 10.3. The summed E-state index contributed by atoms with van der Waals surface area (Å²) in [7, 11) is -1.93. The molecule has 2 rings (SSSR count). The molecule has 0 saturated heterocycles. The fourth-order valence-electron chi connectivity index (χ4n) is 1.65. The van der Waals surface area contributed by atoms with Crippen molar-refractivity contribution in [3.05, 3.63) is 53.0 Å². The minimum absolute atomic E-state index is 0.216. The Labute approximate surface area is 121 Å². The Morgan fingerprint density at radius 2 is 1.53 bits per heavy atom. The quantitative estimate of drug-likeness (QED) is 0.897. The van der Waals surface area contributed by atoms with Gasteiger partial charge >= 0.3 is 0 Å². The van der Waals surface area contributed by atoms with Crippen LogP contribution in [-0.4, -0.2) is 15.5 Å². The van der Waals surface area contributed by atoms with E-state index in [1.165, 1.54) is 0 Å². The summed E-state index contributed by atoms with van der Waals surface area (Å²) in [5.74, 6) is 0. The van der Waals surface area contributed by atoms with Crippen molar-refractivity contribution in [1.29, 1.82) is 0 Å². The second-order valence-corrected chi connectivity index (χ2v) is 6.34. The molecule has 0 heterocycles. The average molecular weight is 341 g/mol. The van der Waals surface area contributed by atoms with Crippen LogP contribution in [0.4, 0.5) is 11.4 Å². The molecule has 4 nitrogen and oxygen atoms in total. The van der Waals surface area contributed by atoms with E-state index in [-0.39, 0.29) is 4.90 Å². The van der Waals surface area contributed by atoms with Crippen LogP contribution in [0.2, 0.25) is 0 Å². The third-order valence-corrected chi connectivity index (χ3v) is 4.68. The molecule has 0 aliphatic rings. The zero-order chi connectivity index (χ0) is 13.9. The van der Waals surface area contributed by atoms with Gasteiger partial charge in [-0.05, 0) is 40.2 Å². The highest BCUT2D eigenvalue weighted by Crippen LogP contribution is 2.27. The van der Waals surface area contributed by atoms with Crippen molar-refractivity contribution in [3.63, 3.8) is 0 Å². The van der Waals surface area contributed by atoms with E-state index in [9.17, 15) is 8.42 Å². The molecule has 0 bridgehead atoms. The van der Waals surface area contributed by atoms with E-state index in [0.717, 1.165) is 0 Å². The Balaban J connectivity index is 2.41. The van der Waals surface area contributed by atoms with Crippen LogP contribution in [0.3, 0.4) is 0 Å². The zero-order valence-corrected chi connectivity index (χ0v) is 12.6. The van der Waals surface area contributed by atoms with Gasteiger partial charge in [0.25, 0.3) is 10.0 Å². The summed E-state index contributed by atoms with van der Waals surface area (Å²) >= 11 is 3.31. The Morgan fingerprint density at radius 3 is 2.16 bits per heavy atom. The van der Waals surface area contributed by atoms with Gasteiger partial charge in [-0.2, -0.15) is 0 Å². The Bertz CT molecular complexity index is 687. The van der Waals surface area contributed by atoms with E-state index in [1.807, 2.05) is 6.07 Å². The minimum Gasteiger partial charge on any atom is -0.387 e. The number of anilines is 2. The number of rotatable bonds is 4. The van der Waals surface area contributed by atoms with E-state index in [4.69, 9.17) is 0 Å². The van der Waals surface area contributed by atoms with Crippen LogP contribution < -0.4 is 10.0 Å². The molecule has 0 aliphatic heterocycles. The van der Waals surface area contributed by atoms with Gasteiger partial charge in [-0.15, -0.1) is 0 Å². The first-order chi connectivity index (χ1) is 9.04. The molecule has 0 aliphatic carbocycles. The Morgan fingerprint density at radius 1 is 0.947 bits per heavy atom. The van der Waals surface area contributed by atoms with Crippen LogP contribution in [0.1, 0.15) is 0 Å². The highest BCUT2D eigenvalue weighted by Gasteiger charge is 2.18. The van der Waals surface area contributed by atoms with Gasteiger partial charge < -0.3 is 5.32 Å². The molecule has 2 N–H and O–H groups in total. The molecule has 2 aromatic carbocycles. The largest absolute Gasteiger partial charge is 0.387 e. The maximum atomic E-state index is 12.4. The van der Waals surface area contributed by atoms with E-state index < -0.39 is 10.0 Å². The van der Waals surface area contributed by atoms with E-state index in [1.54, 1.807) is 49.5 Å². The first-order valence-corrected chi connectivity index (χ1v) is 7.86. The summed E-state index contributed by atoms with van der Waals surface area (Å²) in [4.78, 5) is 0.216. The van der Waals surface area contributed by atoms with Crippen LogP contribution in [0.5, 0.6) is 0 Å². The monoisotopic (exact) mass is 340 g/mol. The lowest BCUT2D eigenvalue weighted by molar-refractivity contribution is 0.601. The van der Waals surface area contributed by atoms with Gasteiger partial charge in [-0.1, -0.05) is 24.3 Å². The number of halogens is 1. The predicted octanol–water partition coefficient (Wildman–Crippen LogP) is 3.29. The number of sulfonamides is 1. The normalized spacial score (nSPS) is 11.1. The van der Waals surface area contributed by atoms with Crippen molar-refractivity contribution in [2.75, 3.05) is 17.1 Å². The van der Waals surface area contributed by atoms with Gasteiger partial charge in [0.2, 0.25) is 0 Å². The molecule has 0 saturated carbocycles. The average Bonchev–Trinajstić information content (AvgIpc) is 2.41. The Hall–Kier alpha value is -1.53. The van der Waals surface area contributed by atoms with Gasteiger partial charge in [0.1, 0.15) is 4.90 Å². The minimum atomic E-state index is -3.62. The van der Waals surface area contributed by atoms with Gasteiger partial charge in [-0.3, -0.25) is 4.72 Å². The lowest BCUT2D eigenvalue weighted by Crippen LogP contribution is -2.15. The second kappa shape index (κ2) is 5.63. The topological polar surface area (TPSA) is 58.2 Å². The van der Waals surface area contributed by atoms with E-state index >= 15 is 0 Å². The molecule has 0 unspecified atom stereocenters. The van der Waals surface area contributed by atoms with Gasteiger partial charge in [-0.25, -0.2) is 8.42 Å². The molecule has 0 spiro atoms. The molecule has 19 heavy (non-hydrogen) atoms. The van der Waals surface area contributed by atoms with Gasteiger partial charge in [0.05, 0.1) is 11.4 Å². The molecule has 0 radical (unpaired) electrons. The molecule has 0 atom stereocenters. The highest BCUT2D eigenvalue weighted by molar-refractivity contribution is 9.10. The zero-order valence-electron chi connectivity index (χ0n) is 10.2. The van der Waals surface area contributed by atoms with Crippen LogP contribution >= 0.6 is 15.9 Å². The fraction of sp³-hybridized carbons (Fsp3) is 0.0769. The Kier molecular flexibility index (Phi) is 4.11. The fourth-order valence-corrected chi connectivity index (χ4v) is 3.46. The summed E-state index contributed by atoms with van der Waals surface area (Å²) in [6.45, 7) is 0. The van der Waals surface area contributed by atoms with E-state index in [0.29, 0.717) is 15.8 Å². The predicted molar refractivity (Wildman–Crippen MR) is 80.9 cm³/mol. The third-order valence-electron chi connectivity index (χ3n) is 2.56. The van der Waals surface area contributed by atoms with Gasteiger partial charge in [0, 0.05) is 11.5 Å². The van der Waals surface area contributed by atoms with Crippen LogP contribution in [-0.2, 0) is 10.0 Å². The number of para-hydroxylation sites is 2. The molecular weight excluding hydrogens is 328 g/mol. The van der Waals surface area contributed by atoms with Crippen LogP contribution in [0.15, 0.2) is 57.9 Å². The third kappa shape index (κ3) is 3.08. The number of hydrogen-bond donors (Lipinski definition) is 2. The van der Waals surface area contributed by atoms with Crippen LogP contribution in [0.25, 0.3) is 0 Å². The molecule has 100 valence electrons. The summed E-state index contributed by atoms with van der Waals surface area (Å²) < 4.78 is 28.0. The summed E-state index contributed by atoms with van der Waals surface area (Å²) in [6, 6.07) is 13.8. The molecule has 0 fully saturated rings. The van der Waals surface area contributed by atoms with Crippen molar-refractivity contribution >= 4 is 37.3 Å². The summed E-state index contributed by atoms with van der Waals surface area (Å²) in [6.07, 6.45) is 0. The van der Waals surface area contributed by atoms with Crippen molar-refractivity contribution in [1.82, 2.24) is 0 Å². The van der Waals surface area contributed by atoms with Gasteiger partial charge in [0.15, 0.2) is 0 Å². The lowest BCUT2D eigenvalue weighted by Gasteiger charge is -2.12. The van der Waals surface area contributed by atoms with Crippen LogP contribution in [0, 0.1) is 0 Å². The maximum Gasteiger partial charge on any atom is 0.263 e. The van der Waals surface area contributed by atoms with E-state index in [2.05, 4.69) is 26.0 Å². The molecular formula is C13H13BrN2O2S. The highest BCUT2D eigenvalue weighted by atomic mass is 79.9. The molecule has 2 aromatic rings. The van der Waals surface area contributed by atoms with Crippen molar-refractivity contribution < 1.29 is 8.42 Å². The maximum absolute atomic E-state index is 12.4. The van der Waals surface area contributed by atoms with Crippen molar-refractivity contribution in [2.24, 2.45) is 0 Å². The first kappa shape index (κ1) is 13.9. The molecule has 0 aromatic heterocycles. The summed E-state index contributed by atoms with van der Waals surface area (Å²) in [5.41, 5.74) is 1.07.